The van der Waals surface area contributed by atoms with Gasteiger partial charge in [-0.05, 0) is 39.7 Å². The summed E-state index contributed by atoms with van der Waals surface area (Å²) < 4.78 is 1.01. The van der Waals surface area contributed by atoms with Gasteiger partial charge < -0.3 is 10.4 Å². The number of hydrogen-bond donors (Lipinski definition) is 3. The van der Waals surface area contributed by atoms with Crippen molar-refractivity contribution in [3.63, 3.8) is 0 Å². The number of aromatic amines is 1. The van der Waals surface area contributed by atoms with E-state index in [4.69, 9.17) is 0 Å². The van der Waals surface area contributed by atoms with Gasteiger partial charge in [-0.15, -0.1) is 37.2 Å². The first kappa shape index (κ1) is 28.5. The zero-order valence-electron chi connectivity index (χ0n) is 15.6. The number of nitrogens with zero attached hydrogens (tertiary/aromatic N) is 3. The molecule has 0 spiro atoms. The molecule has 0 amide bonds. The van der Waals surface area contributed by atoms with Gasteiger partial charge in [0.2, 0.25) is 11.8 Å². The van der Waals surface area contributed by atoms with E-state index in [1.165, 1.54) is 12.3 Å². The number of rotatable bonds is 8. The van der Waals surface area contributed by atoms with E-state index >= 15 is 0 Å². The molecule has 3 aromatic heterocycles. The van der Waals surface area contributed by atoms with Crippen LogP contribution >= 0.6 is 64.9 Å². The largest absolute Gasteiger partial charge is 0.493 e. The minimum atomic E-state index is -0.200. The van der Waals surface area contributed by atoms with Crippen molar-refractivity contribution in [1.82, 2.24) is 19.9 Å². The Labute approximate surface area is 205 Å². The second-order valence-corrected chi connectivity index (χ2v) is 7.66. The lowest BCUT2D eigenvalue weighted by Gasteiger charge is -2.07. The van der Waals surface area contributed by atoms with E-state index in [-0.39, 0.29) is 48.7 Å². The lowest BCUT2D eigenvalue weighted by Crippen LogP contribution is -2.18. The molecular weight excluding hydrogens is 537 g/mol. The highest BCUT2D eigenvalue weighted by Crippen LogP contribution is 2.18. The second-order valence-electron chi connectivity index (χ2n) is 5.70. The van der Waals surface area contributed by atoms with Gasteiger partial charge in [0.15, 0.2) is 0 Å². The maximum atomic E-state index is 12.2. The Morgan fingerprint density at radius 2 is 1.93 bits per heavy atom. The van der Waals surface area contributed by atoms with Crippen LogP contribution in [0.1, 0.15) is 16.8 Å². The topological polar surface area (TPSA) is 104 Å². The van der Waals surface area contributed by atoms with Crippen LogP contribution in [0.25, 0.3) is 0 Å². The maximum absolute atomic E-state index is 12.2. The van der Waals surface area contributed by atoms with Crippen LogP contribution in [-0.4, -0.2) is 37.3 Å². The van der Waals surface area contributed by atoms with Crippen LogP contribution in [0.2, 0.25) is 0 Å². The summed E-state index contributed by atoms with van der Waals surface area (Å²) in [6.45, 7) is 0.676. The van der Waals surface area contributed by atoms with Crippen molar-refractivity contribution in [3.05, 3.63) is 74.5 Å². The minimum Gasteiger partial charge on any atom is -0.493 e. The van der Waals surface area contributed by atoms with Crippen LogP contribution in [0.5, 0.6) is 5.88 Å². The van der Waals surface area contributed by atoms with Gasteiger partial charge in [0.05, 0.1) is 5.69 Å². The van der Waals surface area contributed by atoms with E-state index in [9.17, 15) is 9.90 Å². The van der Waals surface area contributed by atoms with Crippen LogP contribution in [-0.2, 0) is 12.2 Å². The Morgan fingerprint density at radius 1 is 1.13 bits per heavy atom. The first-order valence-corrected chi connectivity index (χ1v) is 10.2. The predicted molar refractivity (Wildman–Crippen MR) is 132 cm³/mol. The van der Waals surface area contributed by atoms with E-state index < -0.39 is 0 Å². The van der Waals surface area contributed by atoms with Gasteiger partial charge in [0, 0.05) is 59.2 Å². The Balaban J connectivity index is 0.00000280. The number of nitrogens with one attached hydrogen (secondary N) is 2. The number of aromatic nitrogens is 4. The molecule has 0 saturated heterocycles. The van der Waals surface area contributed by atoms with Gasteiger partial charge in [0.25, 0.3) is 5.56 Å². The summed E-state index contributed by atoms with van der Waals surface area (Å²) in [6.07, 6.45) is 5.22. The molecule has 3 aromatic rings. The summed E-state index contributed by atoms with van der Waals surface area (Å²) in [5.74, 6) is 2.04. The molecule has 0 aromatic carbocycles. The minimum absolute atomic E-state index is 0. The number of H-pyrrole nitrogens is 1. The van der Waals surface area contributed by atoms with Crippen LogP contribution in [0.4, 0.5) is 5.95 Å². The Kier molecular flexibility index (Phi) is 13.7. The average molecular weight is 558 g/mol. The molecule has 164 valence electrons. The molecule has 0 saturated carbocycles. The van der Waals surface area contributed by atoms with E-state index in [2.05, 4.69) is 41.2 Å². The summed E-state index contributed by atoms with van der Waals surface area (Å²) in [6, 6.07) is 7.15. The molecule has 3 heterocycles. The fourth-order valence-electron chi connectivity index (χ4n) is 2.36. The summed E-state index contributed by atoms with van der Waals surface area (Å²) in [4.78, 5) is 27.3. The van der Waals surface area contributed by atoms with Crippen LogP contribution in [0.3, 0.4) is 0 Å². The van der Waals surface area contributed by atoms with E-state index in [0.29, 0.717) is 24.5 Å². The van der Waals surface area contributed by atoms with E-state index in [0.717, 1.165) is 27.2 Å². The highest BCUT2D eigenvalue weighted by molar-refractivity contribution is 9.10. The van der Waals surface area contributed by atoms with Crippen molar-refractivity contribution in [1.29, 1.82) is 0 Å². The maximum Gasteiger partial charge on any atom is 0.255 e. The fourth-order valence-corrected chi connectivity index (χ4v) is 3.76. The van der Waals surface area contributed by atoms with Gasteiger partial charge in [-0.25, -0.2) is 9.97 Å². The lowest BCUT2D eigenvalue weighted by molar-refractivity contribution is 0.453. The summed E-state index contributed by atoms with van der Waals surface area (Å²) in [5, 5.41) is 12.5. The third-order valence-corrected chi connectivity index (χ3v) is 5.38. The van der Waals surface area contributed by atoms with Gasteiger partial charge in [-0.2, -0.15) is 11.8 Å². The van der Waals surface area contributed by atoms with Gasteiger partial charge >= 0.3 is 0 Å². The molecular formula is C18H21BrCl3N5O2S. The first-order chi connectivity index (χ1) is 13.1. The molecule has 0 aliphatic heterocycles. The van der Waals surface area contributed by atoms with Gasteiger partial charge in [0.1, 0.15) is 0 Å². The van der Waals surface area contributed by atoms with Crippen molar-refractivity contribution in [3.8, 4) is 5.88 Å². The highest BCUT2D eigenvalue weighted by Gasteiger charge is 2.05. The van der Waals surface area contributed by atoms with Crippen LogP contribution < -0.4 is 10.9 Å². The van der Waals surface area contributed by atoms with Crippen LogP contribution in [0, 0.1) is 0 Å². The molecule has 0 atom stereocenters. The van der Waals surface area contributed by atoms with Crippen molar-refractivity contribution in [2.75, 3.05) is 17.6 Å². The number of thioether (sulfide) groups is 1. The summed E-state index contributed by atoms with van der Waals surface area (Å²) in [7, 11) is 0. The summed E-state index contributed by atoms with van der Waals surface area (Å²) >= 11 is 5.23. The smallest absolute Gasteiger partial charge is 0.255 e. The quantitative estimate of drug-likeness (QED) is 0.356. The monoisotopic (exact) mass is 555 g/mol. The molecule has 0 aliphatic carbocycles. The Bertz CT molecular complexity index is 980. The zero-order chi connectivity index (χ0) is 19.1. The third-order valence-electron chi connectivity index (χ3n) is 3.69. The van der Waals surface area contributed by atoms with Crippen molar-refractivity contribution in [2.45, 2.75) is 12.2 Å². The Morgan fingerprint density at radius 3 is 2.63 bits per heavy atom. The molecule has 3 rings (SSSR count). The zero-order valence-corrected chi connectivity index (χ0v) is 20.4. The number of aromatic hydroxyl groups is 1. The van der Waals surface area contributed by atoms with Crippen molar-refractivity contribution >= 4 is 70.9 Å². The molecule has 12 heteroatoms. The first-order valence-electron chi connectivity index (χ1n) is 8.25. The summed E-state index contributed by atoms with van der Waals surface area (Å²) in [5.41, 5.74) is 2.14. The number of halogens is 4. The SMILES string of the molecule is Cl.Cl.Cl.O=c1[nH]c(NCCSCc2ncccc2Br)ncc1Cc1ccnc(O)c1. The molecule has 7 nitrogen and oxygen atoms in total. The van der Waals surface area contributed by atoms with E-state index in [1.54, 1.807) is 30.2 Å². The normalized spacial score (nSPS) is 9.63. The molecule has 0 bridgehead atoms. The van der Waals surface area contributed by atoms with Gasteiger partial charge in [-0.1, -0.05) is 0 Å². The highest BCUT2D eigenvalue weighted by atomic mass is 79.9. The molecule has 0 fully saturated rings. The molecule has 0 aliphatic rings. The van der Waals surface area contributed by atoms with Gasteiger partial charge in [-0.3, -0.25) is 14.8 Å². The standard InChI is InChI=1S/C18H18BrN5O2S.3ClH/c19-14-2-1-4-20-15(14)11-27-7-6-22-18-23-10-13(17(26)24-18)8-12-3-5-21-16(25)9-12;;;/h1-5,9-10H,6-8,11H2,(H,21,25)(H2,22,23,24,26);3*1H. The predicted octanol–water partition coefficient (Wildman–Crippen LogP) is 4.23. The van der Waals surface area contributed by atoms with Crippen molar-refractivity contribution < 1.29 is 5.11 Å². The molecule has 0 unspecified atom stereocenters. The lowest BCUT2D eigenvalue weighted by atomic mass is 10.1. The third kappa shape index (κ3) is 8.69. The van der Waals surface area contributed by atoms with E-state index in [1.807, 2.05) is 12.1 Å². The molecule has 3 N–H and O–H groups in total. The molecule has 30 heavy (non-hydrogen) atoms. The number of hydrogen-bond acceptors (Lipinski definition) is 7. The molecule has 0 radical (unpaired) electrons. The Hall–Kier alpha value is -1.52. The van der Waals surface area contributed by atoms with Crippen molar-refractivity contribution in [2.24, 2.45) is 0 Å². The second kappa shape index (κ2) is 14.5. The van der Waals surface area contributed by atoms with Crippen LogP contribution in [0.15, 0.2) is 52.1 Å². The number of pyridine rings is 2. The number of anilines is 1. The fraction of sp³-hybridized carbons (Fsp3) is 0.222. The average Bonchev–Trinajstić information content (AvgIpc) is 2.65.